The lowest BCUT2D eigenvalue weighted by Crippen LogP contribution is -2.25. The number of hydrogen-bond donors (Lipinski definition) is 2. The van der Waals surface area contributed by atoms with Gasteiger partial charge in [0.2, 0.25) is 0 Å². The van der Waals surface area contributed by atoms with Gasteiger partial charge >= 0.3 is 0 Å². The van der Waals surface area contributed by atoms with E-state index in [1.54, 1.807) is 11.8 Å². The highest BCUT2D eigenvalue weighted by molar-refractivity contribution is 7.98. The van der Waals surface area contributed by atoms with E-state index in [-0.39, 0.29) is 12.5 Å². The Balaban J connectivity index is 2.78. The van der Waals surface area contributed by atoms with E-state index in [0.717, 1.165) is 12.2 Å². The van der Waals surface area contributed by atoms with Gasteiger partial charge in [0.25, 0.3) is 5.91 Å². The van der Waals surface area contributed by atoms with E-state index in [9.17, 15) is 9.18 Å². The fraction of sp³-hybridized carbons (Fsp3) is 0.357. The lowest BCUT2D eigenvalue weighted by molar-refractivity contribution is 0.0953. The number of benzene rings is 1. The molecule has 1 amide bonds. The van der Waals surface area contributed by atoms with Crippen molar-refractivity contribution in [3.8, 4) is 11.8 Å². The summed E-state index contributed by atoms with van der Waals surface area (Å²) < 4.78 is 13.2. The molecular weight excluding hydrogens is 263 g/mol. The summed E-state index contributed by atoms with van der Waals surface area (Å²) in [6.45, 7) is 0.770. The SMILES string of the molecule is CSCCCNC(=O)c1ccc(F)cc1C#CCN. The Morgan fingerprint density at radius 1 is 1.53 bits per heavy atom. The first-order valence-electron chi connectivity index (χ1n) is 5.94. The number of thioether (sulfide) groups is 1. The topological polar surface area (TPSA) is 55.1 Å². The van der Waals surface area contributed by atoms with Crippen LogP contribution >= 0.6 is 11.8 Å². The van der Waals surface area contributed by atoms with Crippen LogP contribution in [0, 0.1) is 17.7 Å². The van der Waals surface area contributed by atoms with Crippen LogP contribution in [0.3, 0.4) is 0 Å². The van der Waals surface area contributed by atoms with Crippen LogP contribution in [0.4, 0.5) is 4.39 Å². The third-order valence-electron chi connectivity index (χ3n) is 2.36. The van der Waals surface area contributed by atoms with E-state index in [0.29, 0.717) is 17.7 Å². The largest absolute Gasteiger partial charge is 0.352 e. The highest BCUT2D eigenvalue weighted by Gasteiger charge is 2.10. The van der Waals surface area contributed by atoms with E-state index >= 15 is 0 Å². The molecule has 102 valence electrons. The number of nitrogens with two attached hydrogens (primary N) is 1. The van der Waals surface area contributed by atoms with Crippen molar-refractivity contribution in [3.05, 3.63) is 35.1 Å². The maximum absolute atomic E-state index is 13.2. The molecule has 0 aliphatic carbocycles. The number of nitrogens with one attached hydrogen (secondary N) is 1. The first kappa shape index (κ1) is 15.5. The van der Waals surface area contributed by atoms with Crippen LogP contribution in [0.5, 0.6) is 0 Å². The molecule has 0 spiro atoms. The molecule has 19 heavy (non-hydrogen) atoms. The zero-order valence-corrected chi connectivity index (χ0v) is 11.6. The Morgan fingerprint density at radius 2 is 2.32 bits per heavy atom. The van der Waals surface area contributed by atoms with Crippen molar-refractivity contribution in [2.45, 2.75) is 6.42 Å². The smallest absolute Gasteiger partial charge is 0.252 e. The normalized spacial score (nSPS) is 9.63. The molecule has 0 saturated carbocycles. The van der Waals surface area contributed by atoms with Crippen LogP contribution in [-0.4, -0.2) is 31.0 Å². The van der Waals surface area contributed by atoms with Gasteiger partial charge in [-0.3, -0.25) is 4.79 Å². The molecule has 0 atom stereocenters. The summed E-state index contributed by atoms with van der Waals surface area (Å²) >= 11 is 1.73. The molecule has 3 N–H and O–H groups in total. The summed E-state index contributed by atoms with van der Waals surface area (Å²) in [6, 6.07) is 3.95. The van der Waals surface area contributed by atoms with Gasteiger partial charge in [0, 0.05) is 12.1 Å². The van der Waals surface area contributed by atoms with Crippen molar-refractivity contribution in [1.82, 2.24) is 5.32 Å². The molecule has 0 aromatic heterocycles. The minimum Gasteiger partial charge on any atom is -0.352 e. The Morgan fingerprint density at radius 3 is 3.00 bits per heavy atom. The number of amides is 1. The zero-order chi connectivity index (χ0) is 14.1. The van der Waals surface area contributed by atoms with Gasteiger partial charge in [0.05, 0.1) is 12.1 Å². The standard InChI is InChI=1S/C14H17FN2OS/c1-19-9-3-8-17-14(18)13-6-5-12(15)10-11(13)4-2-7-16/h5-6,10H,3,7-9,16H2,1H3,(H,17,18). The molecule has 1 aromatic carbocycles. The van der Waals surface area contributed by atoms with Crippen LogP contribution in [0.25, 0.3) is 0 Å². The van der Waals surface area contributed by atoms with Gasteiger partial charge in [0.1, 0.15) is 5.82 Å². The molecular formula is C14H17FN2OS. The Bertz CT molecular complexity index is 494. The van der Waals surface area contributed by atoms with E-state index in [1.165, 1.54) is 18.2 Å². The third kappa shape index (κ3) is 5.33. The second-order valence-corrected chi connectivity index (χ2v) is 4.78. The average molecular weight is 280 g/mol. The second-order valence-electron chi connectivity index (χ2n) is 3.80. The monoisotopic (exact) mass is 280 g/mol. The number of halogens is 1. The second kappa shape index (κ2) is 8.57. The summed E-state index contributed by atoms with van der Waals surface area (Å²) in [7, 11) is 0. The van der Waals surface area contributed by atoms with Crippen LogP contribution in [0.1, 0.15) is 22.3 Å². The fourth-order valence-electron chi connectivity index (χ4n) is 1.48. The van der Waals surface area contributed by atoms with Gasteiger partial charge in [0.15, 0.2) is 0 Å². The molecule has 0 fully saturated rings. The lowest BCUT2D eigenvalue weighted by atomic mass is 10.1. The Kier molecular flexibility index (Phi) is 7.01. The van der Waals surface area contributed by atoms with Gasteiger partial charge in [-0.25, -0.2) is 4.39 Å². The molecule has 1 rings (SSSR count). The maximum atomic E-state index is 13.2. The highest BCUT2D eigenvalue weighted by atomic mass is 32.2. The first-order valence-corrected chi connectivity index (χ1v) is 7.34. The van der Waals surface area contributed by atoms with Crippen molar-refractivity contribution >= 4 is 17.7 Å². The molecule has 3 nitrogen and oxygen atoms in total. The molecule has 0 heterocycles. The summed E-state index contributed by atoms with van der Waals surface area (Å²) in [5.74, 6) is 5.69. The minimum atomic E-state index is -0.416. The molecule has 0 radical (unpaired) electrons. The third-order valence-corrected chi connectivity index (χ3v) is 3.06. The molecule has 0 unspecified atom stereocenters. The molecule has 1 aromatic rings. The van der Waals surface area contributed by atoms with Crippen molar-refractivity contribution in [2.75, 3.05) is 25.1 Å². The Labute approximate surface area is 117 Å². The van der Waals surface area contributed by atoms with E-state index < -0.39 is 5.82 Å². The molecule has 0 bridgehead atoms. The van der Waals surface area contributed by atoms with Gasteiger partial charge in [-0.2, -0.15) is 11.8 Å². The van der Waals surface area contributed by atoms with Crippen molar-refractivity contribution in [3.63, 3.8) is 0 Å². The van der Waals surface area contributed by atoms with E-state index in [4.69, 9.17) is 5.73 Å². The van der Waals surface area contributed by atoms with Crippen LogP contribution in [-0.2, 0) is 0 Å². The van der Waals surface area contributed by atoms with Gasteiger partial charge in [-0.05, 0) is 36.6 Å². The molecule has 0 aliphatic heterocycles. The quantitative estimate of drug-likeness (QED) is 0.636. The zero-order valence-electron chi connectivity index (χ0n) is 10.8. The first-order chi connectivity index (χ1) is 9.19. The Hall–Kier alpha value is -1.51. The lowest BCUT2D eigenvalue weighted by Gasteiger charge is -2.06. The summed E-state index contributed by atoms with van der Waals surface area (Å²) in [5, 5.41) is 2.80. The van der Waals surface area contributed by atoms with Crippen LogP contribution < -0.4 is 11.1 Å². The number of carbonyl (C=O) groups is 1. The van der Waals surface area contributed by atoms with Crippen molar-refractivity contribution in [1.29, 1.82) is 0 Å². The van der Waals surface area contributed by atoms with Gasteiger partial charge in [-0.1, -0.05) is 11.8 Å². The van der Waals surface area contributed by atoms with Crippen molar-refractivity contribution in [2.24, 2.45) is 5.73 Å². The summed E-state index contributed by atoms with van der Waals surface area (Å²) in [5.41, 5.74) is 6.03. The van der Waals surface area contributed by atoms with Gasteiger partial charge < -0.3 is 11.1 Å². The highest BCUT2D eigenvalue weighted by Crippen LogP contribution is 2.10. The molecule has 0 aliphatic rings. The average Bonchev–Trinajstić information content (AvgIpc) is 2.41. The van der Waals surface area contributed by atoms with E-state index in [1.807, 2.05) is 6.26 Å². The number of carbonyl (C=O) groups excluding carboxylic acids is 1. The summed E-state index contributed by atoms with van der Waals surface area (Å²) in [6.07, 6.45) is 2.92. The molecule has 5 heteroatoms. The predicted octanol–water partition coefficient (Wildman–Crippen LogP) is 1.62. The van der Waals surface area contributed by atoms with Gasteiger partial charge in [-0.15, -0.1) is 0 Å². The predicted molar refractivity (Wildman–Crippen MR) is 77.7 cm³/mol. The van der Waals surface area contributed by atoms with Crippen molar-refractivity contribution < 1.29 is 9.18 Å². The maximum Gasteiger partial charge on any atom is 0.252 e. The fourth-order valence-corrected chi connectivity index (χ4v) is 1.91. The molecule has 0 saturated heterocycles. The van der Waals surface area contributed by atoms with Crippen LogP contribution in [0.15, 0.2) is 18.2 Å². The summed E-state index contributed by atoms with van der Waals surface area (Å²) in [4.78, 5) is 12.0. The minimum absolute atomic E-state index is 0.172. The number of hydrogen-bond acceptors (Lipinski definition) is 3. The van der Waals surface area contributed by atoms with Crippen LogP contribution in [0.2, 0.25) is 0 Å². The number of rotatable bonds is 5. The van der Waals surface area contributed by atoms with E-state index in [2.05, 4.69) is 17.2 Å².